The molecule has 2 aromatic rings. The monoisotopic (exact) mass is 382 g/mol. The van der Waals surface area contributed by atoms with Crippen LogP contribution in [0.5, 0.6) is 0 Å². The molecule has 26 heavy (non-hydrogen) atoms. The zero-order valence-corrected chi connectivity index (χ0v) is 15.3. The molecule has 0 radical (unpaired) electrons. The predicted octanol–water partition coefficient (Wildman–Crippen LogP) is 5.72. The number of alkyl halides is 3. The molecule has 1 N–H and O–H groups in total. The van der Waals surface area contributed by atoms with Crippen molar-refractivity contribution in [2.75, 3.05) is 0 Å². The standard InChI is InChI=1S/C21H22ClF3O/c1-2-11-20(21(23,24)25)16(12-14-7-4-3-5-8-14)18(26)13-15-9-6-10-17(22)19(15)20/h3-10,16,18,26H,2,11-13H2,1H3. The third kappa shape index (κ3) is 3.14. The largest absolute Gasteiger partial charge is 0.398 e. The molecule has 0 bridgehead atoms. The van der Waals surface area contributed by atoms with E-state index < -0.39 is 23.6 Å². The normalized spacial score (nSPS) is 25.8. The van der Waals surface area contributed by atoms with Crippen LogP contribution in [0, 0.1) is 5.92 Å². The van der Waals surface area contributed by atoms with Gasteiger partial charge in [-0.05, 0) is 42.0 Å². The van der Waals surface area contributed by atoms with Crippen LogP contribution in [0.4, 0.5) is 13.2 Å². The van der Waals surface area contributed by atoms with Crippen molar-refractivity contribution in [2.45, 2.75) is 50.3 Å². The first-order chi connectivity index (χ1) is 12.3. The highest BCUT2D eigenvalue weighted by Gasteiger charge is 2.63. The second-order valence-electron chi connectivity index (χ2n) is 7.06. The van der Waals surface area contributed by atoms with E-state index >= 15 is 0 Å². The Morgan fingerprint density at radius 3 is 2.42 bits per heavy atom. The number of fused-ring (bicyclic) bond motifs is 1. The maximum Gasteiger partial charge on any atom is 0.398 e. The summed E-state index contributed by atoms with van der Waals surface area (Å²) in [7, 11) is 0. The molecule has 0 spiro atoms. The molecule has 0 fully saturated rings. The average molecular weight is 383 g/mol. The number of hydrogen-bond acceptors (Lipinski definition) is 1. The summed E-state index contributed by atoms with van der Waals surface area (Å²) < 4.78 is 43.8. The first-order valence-electron chi connectivity index (χ1n) is 8.88. The van der Waals surface area contributed by atoms with Crippen molar-refractivity contribution in [3.63, 3.8) is 0 Å². The Morgan fingerprint density at radius 2 is 1.81 bits per heavy atom. The molecular formula is C21H22ClF3O. The third-order valence-corrected chi connectivity index (χ3v) is 5.84. The van der Waals surface area contributed by atoms with Crippen molar-refractivity contribution in [1.82, 2.24) is 0 Å². The first kappa shape index (κ1) is 19.2. The topological polar surface area (TPSA) is 20.2 Å². The summed E-state index contributed by atoms with van der Waals surface area (Å²) in [5.74, 6) is -0.975. The van der Waals surface area contributed by atoms with Crippen molar-refractivity contribution < 1.29 is 18.3 Å². The van der Waals surface area contributed by atoms with Crippen LogP contribution in [-0.4, -0.2) is 17.4 Å². The Balaban J connectivity index is 2.22. The second-order valence-corrected chi connectivity index (χ2v) is 7.47. The fourth-order valence-electron chi connectivity index (χ4n) is 4.50. The van der Waals surface area contributed by atoms with E-state index in [1.54, 1.807) is 31.2 Å². The van der Waals surface area contributed by atoms with E-state index in [0.717, 1.165) is 5.56 Å². The van der Waals surface area contributed by atoms with E-state index in [1.165, 1.54) is 6.07 Å². The lowest BCUT2D eigenvalue weighted by Gasteiger charge is -2.49. The van der Waals surface area contributed by atoms with Gasteiger partial charge in [-0.25, -0.2) is 0 Å². The second kappa shape index (κ2) is 7.24. The van der Waals surface area contributed by atoms with Gasteiger partial charge < -0.3 is 5.11 Å². The molecular weight excluding hydrogens is 361 g/mol. The van der Waals surface area contributed by atoms with E-state index in [0.29, 0.717) is 12.0 Å². The fraction of sp³-hybridized carbons (Fsp3) is 0.429. The van der Waals surface area contributed by atoms with Crippen LogP contribution in [0.15, 0.2) is 48.5 Å². The van der Waals surface area contributed by atoms with Crippen LogP contribution in [0.2, 0.25) is 5.02 Å². The molecule has 3 atom stereocenters. The van der Waals surface area contributed by atoms with Crippen LogP contribution >= 0.6 is 11.6 Å². The first-order valence-corrected chi connectivity index (χ1v) is 9.25. The highest BCUT2D eigenvalue weighted by Crippen LogP contribution is 2.57. The zero-order chi connectivity index (χ0) is 18.9. The van der Waals surface area contributed by atoms with Crippen LogP contribution in [-0.2, 0) is 18.3 Å². The average Bonchev–Trinajstić information content (AvgIpc) is 2.58. The highest BCUT2D eigenvalue weighted by molar-refractivity contribution is 6.31. The Labute approximate surface area is 156 Å². The Bertz CT molecular complexity index is 760. The molecule has 0 saturated carbocycles. The SMILES string of the molecule is CCCC1(C(F)(F)F)c2c(Cl)cccc2CC(O)C1Cc1ccccc1. The third-order valence-electron chi connectivity index (χ3n) is 5.52. The van der Waals surface area contributed by atoms with Gasteiger partial charge >= 0.3 is 6.18 Å². The predicted molar refractivity (Wildman–Crippen MR) is 97.4 cm³/mol. The van der Waals surface area contributed by atoms with Crippen LogP contribution < -0.4 is 0 Å². The van der Waals surface area contributed by atoms with E-state index in [1.807, 2.05) is 18.2 Å². The van der Waals surface area contributed by atoms with Gasteiger partial charge in [0.25, 0.3) is 0 Å². The summed E-state index contributed by atoms with van der Waals surface area (Å²) in [6.07, 6.45) is -4.98. The van der Waals surface area contributed by atoms with Crippen LogP contribution in [0.3, 0.4) is 0 Å². The minimum atomic E-state index is -4.51. The van der Waals surface area contributed by atoms with Crippen molar-refractivity contribution in [1.29, 1.82) is 0 Å². The summed E-state index contributed by atoms with van der Waals surface area (Å²) in [6, 6.07) is 13.9. The smallest absolute Gasteiger partial charge is 0.392 e. The van der Waals surface area contributed by atoms with Crippen molar-refractivity contribution in [3.05, 3.63) is 70.2 Å². The molecule has 1 nitrogen and oxygen atoms in total. The molecule has 140 valence electrons. The Hall–Kier alpha value is -1.52. The lowest BCUT2D eigenvalue weighted by molar-refractivity contribution is -0.223. The van der Waals surface area contributed by atoms with Gasteiger partial charge in [0.05, 0.1) is 11.5 Å². The zero-order valence-electron chi connectivity index (χ0n) is 14.6. The van der Waals surface area contributed by atoms with Gasteiger partial charge in [0.15, 0.2) is 0 Å². The van der Waals surface area contributed by atoms with Gasteiger partial charge in [-0.3, -0.25) is 0 Å². The van der Waals surface area contributed by atoms with E-state index in [9.17, 15) is 18.3 Å². The van der Waals surface area contributed by atoms with Crippen molar-refractivity contribution in [3.8, 4) is 0 Å². The van der Waals surface area contributed by atoms with Gasteiger partial charge in [0.2, 0.25) is 0 Å². The van der Waals surface area contributed by atoms with Gasteiger partial charge in [0.1, 0.15) is 0 Å². The molecule has 0 aliphatic heterocycles. The number of benzene rings is 2. The number of halogens is 4. The molecule has 5 heteroatoms. The number of rotatable bonds is 4. The van der Waals surface area contributed by atoms with E-state index in [4.69, 9.17) is 11.6 Å². The van der Waals surface area contributed by atoms with Crippen molar-refractivity contribution >= 4 is 11.6 Å². The number of hydrogen-bond donors (Lipinski definition) is 1. The molecule has 0 amide bonds. The minimum Gasteiger partial charge on any atom is -0.392 e. The lowest BCUT2D eigenvalue weighted by Crippen LogP contribution is -2.56. The van der Waals surface area contributed by atoms with Gasteiger partial charge in [-0.1, -0.05) is 67.4 Å². The Kier molecular flexibility index (Phi) is 5.36. The van der Waals surface area contributed by atoms with Gasteiger partial charge in [-0.15, -0.1) is 0 Å². The molecule has 0 heterocycles. The molecule has 1 aliphatic rings. The summed E-state index contributed by atoms with van der Waals surface area (Å²) in [5, 5.41) is 10.9. The lowest BCUT2D eigenvalue weighted by atomic mass is 9.58. The quantitative estimate of drug-likeness (QED) is 0.717. The minimum absolute atomic E-state index is 0.0954. The summed E-state index contributed by atoms with van der Waals surface area (Å²) in [6.45, 7) is 1.74. The summed E-state index contributed by atoms with van der Waals surface area (Å²) in [4.78, 5) is 0. The maximum absolute atomic E-state index is 14.6. The molecule has 2 aromatic carbocycles. The van der Waals surface area contributed by atoms with Gasteiger partial charge in [0, 0.05) is 10.9 Å². The molecule has 3 unspecified atom stereocenters. The van der Waals surface area contributed by atoms with Crippen LogP contribution in [0.25, 0.3) is 0 Å². The van der Waals surface area contributed by atoms with E-state index in [-0.39, 0.29) is 29.8 Å². The number of aliphatic hydroxyl groups is 1. The number of aliphatic hydroxyl groups excluding tert-OH is 1. The molecule has 0 saturated heterocycles. The fourth-order valence-corrected chi connectivity index (χ4v) is 4.86. The van der Waals surface area contributed by atoms with Crippen LogP contribution in [0.1, 0.15) is 36.5 Å². The van der Waals surface area contributed by atoms with Gasteiger partial charge in [-0.2, -0.15) is 13.2 Å². The van der Waals surface area contributed by atoms with Crippen molar-refractivity contribution in [2.24, 2.45) is 5.92 Å². The van der Waals surface area contributed by atoms with E-state index in [2.05, 4.69) is 0 Å². The summed E-state index contributed by atoms with van der Waals surface area (Å²) in [5.41, 5.74) is -0.706. The maximum atomic E-state index is 14.6. The summed E-state index contributed by atoms with van der Waals surface area (Å²) >= 11 is 6.30. The molecule has 3 rings (SSSR count). The molecule has 1 aliphatic carbocycles. The molecule has 0 aromatic heterocycles. The Morgan fingerprint density at radius 1 is 1.12 bits per heavy atom. The highest BCUT2D eigenvalue weighted by atomic mass is 35.5.